The van der Waals surface area contributed by atoms with Crippen LogP contribution in [0.3, 0.4) is 0 Å². The zero-order valence-electron chi connectivity index (χ0n) is 37.4. The van der Waals surface area contributed by atoms with E-state index in [2.05, 4.69) is 33.9 Å². The molecule has 2 aromatic heterocycles. The normalized spacial score (nSPS) is 12.4. The highest BCUT2D eigenvalue weighted by Crippen LogP contribution is 2.45. The standard InChI is InChI=1S/C51H42N6O7S4/c1-26-23-27(2)46(56-50-54-37-14-8-10-16-41(37)65-50)28(3)45(26)52-32-19-21-34-39(24-32)64-40-25-33(20-22-35(40)44(34)36-13-7-12-18-43(36)67(58,59)60)53-47-29(4)48(31(6)49(30(47)5)68(61,62)63)57-51-55-38-15-9-11-17-42(38)66-51/h7-25,52H,1-6H3,(H,54,56)(H,55,57)(H,58,59,60)(H,61,62,63). The van der Waals surface area contributed by atoms with E-state index in [0.29, 0.717) is 66.5 Å². The van der Waals surface area contributed by atoms with Crippen molar-refractivity contribution in [2.24, 2.45) is 4.99 Å². The third kappa shape index (κ3) is 8.16. The molecule has 0 radical (unpaired) electrons. The summed E-state index contributed by atoms with van der Waals surface area (Å²) >= 11 is 2.99. The Balaban J connectivity index is 1.13. The van der Waals surface area contributed by atoms with Gasteiger partial charge in [0.25, 0.3) is 20.2 Å². The minimum Gasteiger partial charge on any atom is -0.456 e. The van der Waals surface area contributed by atoms with Gasteiger partial charge >= 0.3 is 0 Å². The number of aryl methyl sites for hydroxylation is 2. The van der Waals surface area contributed by atoms with Gasteiger partial charge in [-0.25, -0.2) is 15.0 Å². The van der Waals surface area contributed by atoms with Crippen molar-refractivity contribution in [2.45, 2.75) is 51.3 Å². The zero-order valence-corrected chi connectivity index (χ0v) is 40.6. The quantitative estimate of drug-likeness (QED) is 0.0643. The highest BCUT2D eigenvalue weighted by molar-refractivity contribution is 7.86. The number of nitrogens with one attached hydrogen (secondary N) is 3. The van der Waals surface area contributed by atoms with Crippen molar-refractivity contribution in [3.8, 4) is 22.5 Å². The van der Waals surface area contributed by atoms with Crippen molar-refractivity contribution in [2.75, 3.05) is 16.0 Å². The van der Waals surface area contributed by atoms with E-state index < -0.39 is 20.2 Å². The largest absolute Gasteiger partial charge is 0.456 e. The molecule has 6 aromatic carbocycles. The van der Waals surface area contributed by atoms with Gasteiger partial charge in [-0.3, -0.25) is 9.11 Å². The third-order valence-corrected chi connectivity index (χ3v) is 16.0. The summed E-state index contributed by atoms with van der Waals surface area (Å²) < 4.78 is 81.6. The van der Waals surface area contributed by atoms with E-state index in [4.69, 9.17) is 14.4 Å². The predicted octanol–water partition coefficient (Wildman–Crippen LogP) is 13.2. The van der Waals surface area contributed by atoms with Crippen LogP contribution < -0.4 is 21.3 Å². The number of benzene rings is 7. The number of hydrogen-bond donors (Lipinski definition) is 5. The van der Waals surface area contributed by atoms with Gasteiger partial charge in [0.1, 0.15) is 21.1 Å². The predicted molar refractivity (Wildman–Crippen MR) is 274 cm³/mol. The maximum atomic E-state index is 13.0. The fourth-order valence-electron chi connectivity index (χ4n) is 9.05. The van der Waals surface area contributed by atoms with Crippen molar-refractivity contribution in [1.29, 1.82) is 0 Å². The van der Waals surface area contributed by atoms with Crippen molar-refractivity contribution >= 4 is 113 Å². The Morgan fingerprint density at radius 2 is 1.18 bits per heavy atom. The van der Waals surface area contributed by atoms with Gasteiger partial charge in [-0.15, -0.1) is 0 Å². The Morgan fingerprint density at radius 3 is 1.81 bits per heavy atom. The lowest BCUT2D eigenvalue weighted by atomic mass is 9.93. The summed E-state index contributed by atoms with van der Waals surface area (Å²) in [5.74, 6) is 0.325. The SMILES string of the molecule is Cc1cc(C)c(Nc2nc3ccccc3s2)c(C)c1Nc1ccc2c(-c3ccccc3S(=O)(=O)O)c3ccc(=Nc4c(C)c(Nc5nc6ccccc6s5)c(C)c(S(=O)(=O)O)c4C)cc-3oc2c1. The first-order valence-corrected chi connectivity index (χ1v) is 25.8. The summed E-state index contributed by atoms with van der Waals surface area (Å²) in [7, 11) is -9.40. The van der Waals surface area contributed by atoms with E-state index >= 15 is 0 Å². The Hall–Kier alpha value is -6.99. The lowest BCUT2D eigenvalue weighted by molar-refractivity contribution is 0.480. The second-order valence-electron chi connectivity index (χ2n) is 16.6. The first kappa shape index (κ1) is 44.8. The van der Waals surface area contributed by atoms with Gasteiger partial charge in [0, 0.05) is 57.0 Å². The number of para-hydroxylation sites is 2. The average molecular weight is 979 g/mol. The lowest BCUT2D eigenvalue weighted by Crippen LogP contribution is -2.10. The van der Waals surface area contributed by atoms with Crippen LogP contribution in [-0.4, -0.2) is 35.9 Å². The minimum atomic E-state index is -4.72. The van der Waals surface area contributed by atoms with Crippen LogP contribution in [0.15, 0.2) is 134 Å². The van der Waals surface area contributed by atoms with Crippen LogP contribution in [0.2, 0.25) is 0 Å². The third-order valence-electron chi connectivity index (χ3n) is 12.1. The Kier molecular flexibility index (Phi) is 11.2. The molecule has 0 amide bonds. The Morgan fingerprint density at radius 1 is 0.574 bits per heavy atom. The summed E-state index contributed by atoms with van der Waals surface area (Å²) in [6.45, 7) is 11.2. The lowest BCUT2D eigenvalue weighted by Gasteiger charge is -2.20. The molecule has 0 fully saturated rings. The van der Waals surface area contributed by atoms with E-state index in [0.717, 1.165) is 53.6 Å². The smallest absolute Gasteiger partial charge is 0.295 e. The fraction of sp³-hybridized carbons (Fsp3) is 0.118. The molecule has 13 nitrogen and oxygen atoms in total. The molecule has 0 bridgehead atoms. The molecule has 1 aliphatic carbocycles. The van der Waals surface area contributed by atoms with E-state index in [1.165, 1.54) is 17.4 Å². The molecule has 1 aliphatic heterocycles. The highest BCUT2D eigenvalue weighted by atomic mass is 32.2. The number of rotatable bonds is 10. The second-order valence-corrected chi connectivity index (χ2v) is 21.4. The highest BCUT2D eigenvalue weighted by Gasteiger charge is 2.27. The molecule has 0 spiro atoms. The molecule has 3 heterocycles. The number of hydrogen-bond acceptors (Lipinski definition) is 13. The molecule has 342 valence electrons. The van der Waals surface area contributed by atoms with Crippen LogP contribution in [0.5, 0.6) is 0 Å². The molecular formula is C51H42N6O7S4. The van der Waals surface area contributed by atoms with Crippen LogP contribution in [0.4, 0.5) is 38.7 Å². The zero-order chi connectivity index (χ0) is 47.8. The van der Waals surface area contributed by atoms with Crippen LogP contribution in [0.1, 0.15) is 33.4 Å². The molecule has 5 N–H and O–H groups in total. The molecule has 17 heteroatoms. The average Bonchev–Trinajstić information content (AvgIpc) is 3.91. The van der Waals surface area contributed by atoms with Crippen LogP contribution in [0.25, 0.3) is 53.9 Å². The van der Waals surface area contributed by atoms with Crippen molar-refractivity contribution < 1.29 is 30.4 Å². The van der Waals surface area contributed by atoms with E-state index in [1.807, 2.05) is 87.5 Å². The minimum absolute atomic E-state index is 0.242. The second kappa shape index (κ2) is 17.0. The Bertz CT molecular complexity index is 3920. The van der Waals surface area contributed by atoms with E-state index in [1.54, 1.807) is 61.6 Å². The first-order valence-electron chi connectivity index (χ1n) is 21.3. The molecule has 0 unspecified atom stereocenters. The van der Waals surface area contributed by atoms with Crippen molar-refractivity contribution in [3.05, 3.63) is 154 Å². The van der Waals surface area contributed by atoms with E-state index in [-0.39, 0.29) is 20.9 Å². The van der Waals surface area contributed by atoms with Crippen molar-refractivity contribution in [3.63, 3.8) is 0 Å². The molecule has 0 atom stereocenters. The molecule has 8 aromatic rings. The monoisotopic (exact) mass is 978 g/mol. The number of anilines is 6. The van der Waals surface area contributed by atoms with Gasteiger partial charge in [0.15, 0.2) is 10.3 Å². The molecule has 0 saturated heterocycles. The van der Waals surface area contributed by atoms with Gasteiger partial charge in [-0.05, 0) is 130 Å². The maximum absolute atomic E-state index is 13.0. The maximum Gasteiger partial charge on any atom is 0.295 e. The van der Waals surface area contributed by atoms with Gasteiger partial charge in [0.2, 0.25) is 0 Å². The van der Waals surface area contributed by atoms with Crippen LogP contribution in [-0.2, 0) is 20.2 Å². The number of aromatic nitrogens is 2. The summed E-state index contributed by atoms with van der Waals surface area (Å²) in [6, 6.07) is 34.7. The summed E-state index contributed by atoms with van der Waals surface area (Å²) in [6.07, 6.45) is 0. The first-order chi connectivity index (χ1) is 32.4. The number of nitrogens with zero attached hydrogens (tertiary/aromatic N) is 3. The van der Waals surface area contributed by atoms with E-state index in [9.17, 15) is 25.9 Å². The summed E-state index contributed by atoms with van der Waals surface area (Å²) in [5.41, 5.74) is 10.8. The molecule has 68 heavy (non-hydrogen) atoms. The summed E-state index contributed by atoms with van der Waals surface area (Å²) in [4.78, 5) is 13.9. The molecular weight excluding hydrogens is 937 g/mol. The molecule has 2 aliphatic rings. The summed E-state index contributed by atoms with van der Waals surface area (Å²) in [5, 5.41) is 12.8. The number of fused-ring (bicyclic) bond motifs is 4. The van der Waals surface area contributed by atoms with Crippen LogP contribution >= 0.6 is 22.7 Å². The van der Waals surface area contributed by atoms with Crippen LogP contribution in [0, 0.1) is 41.5 Å². The fourth-order valence-corrected chi connectivity index (χ4v) is 12.5. The van der Waals surface area contributed by atoms with Gasteiger partial charge in [0.05, 0.1) is 31.5 Å². The van der Waals surface area contributed by atoms with Gasteiger partial charge in [-0.2, -0.15) is 16.8 Å². The van der Waals surface area contributed by atoms with Crippen molar-refractivity contribution in [1.82, 2.24) is 9.97 Å². The number of thiazole rings is 2. The molecule has 10 rings (SSSR count). The van der Waals surface area contributed by atoms with Gasteiger partial charge < -0.3 is 20.4 Å². The van der Waals surface area contributed by atoms with Gasteiger partial charge in [-0.1, -0.05) is 71.2 Å². The molecule has 0 saturated carbocycles. The Labute approximate surface area is 399 Å². The topological polar surface area (TPSA) is 196 Å².